The van der Waals surface area contributed by atoms with Gasteiger partial charge in [-0.15, -0.1) is 0 Å². The zero-order valence-corrected chi connectivity index (χ0v) is 15.0. The Bertz CT molecular complexity index is 408. The van der Waals surface area contributed by atoms with Crippen molar-refractivity contribution in [2.24, 2.45) is 17.3 Å². The molecule has 0 aromatic carbocycles. The van der Waals surface area contributed by atoms with Crippen LogP contribution in [0.3, 0.4) is 0 Å². The molecule has 2 bridgehead atoms. The van der Waals surface area contributed by atoms with Gasteiger partial charge in [0.25, 0.3) is 0 Å². The minimum absolute atomic E-state index is 0.00348. The van der Waals surface area contributed by atoms with Gasteiger partial charge in [0.1, 0.15) is 6.10 Å². The van der Waals surface area contributed by atoms with E-state index in [1.54, 1.807) is 0 Å². The number of fused-ring (bicyclic) bond motifs is 1. The van der Waals surface area contributed by atoms with Gasteiger partial charge in [0.15, 0.2) is 0 Å². The van der Waals surface area contributed by atoms with Gasteiger partial charge < -0.3 is 4.74 Å². The van der Waals surface area contributed by atoms with Gasteiger partial charge >= 0.3 is 5.97 Å². The highest BCUT2D eigenvalue weighted by molar-refractivity contribution is 5.69. The van der Waals surface area contributed by atoms with Crippen molar-refractivity contribution >= 4 is 5.97 Å². The van der Waals surface area contributed by atoms with Crippen molar-refractivity contribution in [3.05, 3.63) is 11.6 Å². The molecule has 22 heavy (non-hydrogen) atoms. The number of esters is 1. The third-order valence-corrected chi connectivity index (χ3v) is 5.97. The molecule has 0 heterocycles. The smallest absolute Gasteiger partial charge is 0.306 e. The largest absolute Gasteiger partial charge is 0.458 e. The maximum Gasteiger partial charge on any atom is 0.306 e. The standard InChI is InChI=1S/C20H34O2/c1-5-6-7-8-9-10-11-12-19(21)22-18-13-15(2)16-14-17(18)20(16,3)4/h13,16-18H,5-12,14H2,1-4H3. The first-order valence-electron chi connectivity index (χ1n) is 9.34. The SMILES string of the molecule is CCCCCCCCCC(=O)OC1C=C(C)C2CC1C2(C)C. The van der Waals surface area contributed by atoms with Crippen molar-refractivity contribution in [3.63, 3.8) is 0 Å². The molecule has 0 radical (unpaired) electrons. The van der Waals surface area contributed by atoms with Crippen LogP contribution in [-0.4, -0.2) is 12.1 Å². The van der Waals surface area contributed by atoms with Crippen LogP contribution in [-0.2, 0) is 9.53 Å². The molecular formula is C20H34O2. The summed E-state index contributed by atoms with van der Waals surface area (Å²) in [4.78, 5) is 12.1. The molecule has 3 rings (SSSR count). The molecule has 0 aromatic rings. The number of ether oxygens (including phenoxy) is 1. The van der Waals surface area contributed by atoms with Crippen LogP contribution in [0, 0.1) is 17.3 Å². The second kappa shape index (κ2) is 7.66. The normalized spacial score (nSPS) is 28.7. The lowest BCUT2D eigenvalue weighted by atomic mass is 9.48. The van der Waals surface area contributed by atoms with Crippen molar-refractivity contribution in [1.29, 1.82) is 0 Å². The Morgan fingerprint density at radius 2 is 1.82 bits per heavy atom. The van der Waals surface area contributed by atoms with Crippen molar-refractivity contribution in [2.75, 3.05) is 0 Å². The Morgan fingerprint density at radius 3 is 2.41 bits per heavy atom. The first kappa shape index (κ1) is 17.6. The van der Waals surface area contributed by atoms with E-state index >= 15 is 0 Å². The molecule has 0 saturated heterocycles. The van der Waals surface area contributed by atoms with E-state index in [2.05, 4.69) is 33.8 Å². The maximum atomic E-state index is 12.1. The molecule has 3 atom stereocenters. The molecule has 0 aromatic heterocycles. The summed E-state index contributed by atoms with van der Waals surface area (Å²) in [5.74, 6) is 1.23. The molecule has 3 aliphatic rings. The van der Waals surface area contributed by atoms with Crippen LogP contribution in [0.5, 0.6) is 0 Å². The lowest BCUT2D eigenvalue weighted by Crippen LogP contribution is -2.54. The van der Waals surface area contributed by atoms with E-state index in [9.17, 15) is 4.79 Å². The van der Waals surface area contributed by atoms with Gasteiger partial charge in [0, 0.05) is 12.3 Å². The molecule has 1 saturated carbocycles. The van der Waals surface area contributed by atoms with Gasteiger partial charge in [0.05, 0.1) is 0 Å². The van der Waals surface area contributed by atoms with E-state index in [0.29, 0.717) is 23.7 Å². The zero-order chi connectivity index (χ0) is 16.2. The third-order valence-electron chi connectivity index (χ3n) is 5.97. The summed E-state index contributed by atoms with van der Waals surface area (Å²) in [7, 11) is 0. The predicted octanol–water partition coefficient (Wildman–Crippen LogP) is 5.66. The topological polar surface area (TPSA) is 26.3 Å². The number of rotatable bonds is 9. The summed E-state index contributed by atoms with van der Waals surface area (Å²) >= 11 is 0. The summed E-state index contributed by atoms with van der Waals surface area (Å²) in [5.41, 5.74) is 1.73. The highest BCUT2D eigenvalue weighted by atomic mass is 16.5. The summed E-state index contributed by atoms with van der Waals surface area (Å²) in [6, 6.07) is 0. The van der Waals surface area contributed by atoms with Crippen LogP contribution >= 0.6 is 0 Å². The molecule has 0 aliphatic heterocycles. The van der Waals surface area contributed by atoms with Crippen molar-refractivity contribution < 1.29 is 9.53 Å². The van der Waals surface area contributed by atoms with Gasteiger partial charge in [-0.2, -0.15) is 0 Å². The Morgan fingerprint density at radius 1 is 1.18 bits per heavy atom. The van der Waals surface area contributed by atoms with E-state index in [0.717, 1.165) is 12.8 Å². The second-order valence-electron chi connectivity index (χ2n) is 7.95. The zero-order valence-electron chi connectivity index (χ0n) is 15.0. The molecule has 3 aliphatic carbocycles. The van der Waals surface area contributed by atoms with Crippen LogP contribution in [0.25, 0.3) is 0 Å². The van der Waals surface area contributed by atoms with Gasteiger partial charge in [-0.3, -0.25) is 4.79 Å². The van der Waals surface area contributed by atoms with Gasteiger partial charge in [-0.05, 0) is 37.2 Å². The molecule has 3 unspecified atom stereocenters. The molecular weight excluding hydrogens is 272 g/mol. The number of hydrogen-bond donors (Lipinski definition) is 0. The van der Waals surface area contributed by atoms with Gasteiger partial charge in [0.2, 0.25) is 0 Å². The Balaban J connectivity index is 1.64. The highest BCUT2D eigenvalue weighted by Gasteiger charge is 2.55. The molecule has 1 fully saturated rings. The van der Waals surface area contributed by atoms with Crippen molar-refractivity contribution in [3.8, 4) is 0 Å². The molecule has 2 nitrogen and oxygen atoms in total. The minimum atomic E-state index is 0.00348. The summed E-state index contributed by atoms with van der Waals surface area (Å²) in [5, 5.41) is 0. The number of allylic oxidation sites excluding steroid dienone is 1. The Hall–Kier alpha value is -0.790. The molecule has 126 valence electrons. The molecule has 0 N–H and O–H groups in total. The maximum absolute atomic E-state index is 12.1. The summed E-state index contributed by atoms with van der Waals surface area (Å²) < 4.78 is 5.78. The monoisotopic (exact) mass is 306 g/mol. The number of unbranched alkanes of at least 4 members (excludes halogenated alkanes) is 6. The number of hydrogen-bond acceptors (Lipinski definition) is 2. The Kier molecular flexibility index (Phi) is 6.11. The quantitative estimate of drug-likeness (QED) is 0.312. The van der Waals surface area contributed by atoms with Crippen LogP contribution in [0.1, 0.15) is 85.5 Å². The van der Waals surface area contributed by atoms with E-state index in [-0.39, 0.29) is 12.1 Å². The average molecular weight is 306 g/mol. The van der Waals surface area contributed by atoms with E-state index in [1.165, 1.54) is 44.1 Å². The van der Waals surface area contributed by atoms with Crippen LogP contribution < -0.4 is 0 Å². The second-order valence-corrected chi connectivity index (χ2v) is 7.95. The van der Waals surface area contributed by atoms with Crippen LogP contribution in [0.15, 0.2) is 11.6 Å². The first-order valence-corrected chi connectivity index (χ1v) is 9.34. The first-order chi connectivity index (χ1) is 10.5. The highest BCUT2D eigenvalue weighted by Crippen LogP contribution is 2.59. The predicted molar refractivity (Wildman–Crippen MR) is 91.6 cm³/mol. The number of carbonyl (C=O) groups excluding carboxylic acids is 1. The van der Waals surface area contributed by atoms with Crippen molar-refractivity contribution in [1.82, 2.24) is 0 Å². The fourth-order valence-electron chi connectivity index (χ4n) is 4.33. The van der Waals surface area contributed by atoms with Crippen LogP contribution in [0.2, 0.25) is 0 Å². The van der Waals surface area contributed by atoms with Gasteiger partial charge in [-0.25, -0.2) is 0 Å². The summed E-state index contributed by atoms with van der Waals surface area (Å²) in [6.45, 7) is 9.07. The molecule has 0 spiro atoms. The Labute approximate surface area is 136 Å². The van der Waals surface area contributed by atoms with Crippen LogP contribution in [0.4, 0.5) is 0 Å². The average Bonchev–Trinajstić information content (AvgIpc) is 2.45. The third kappa shape index (κ3) is 3.94. The fourth-order valence-corrected chi connectivity index (χ4v) is 4.33. The molecule has 2 heteroatoms. The fraction of sp³-hybridized carbons (Fsp3) is 0.850. The minimum Gasteiger partial charge on any atom is -0.458 e. The number of carbonyl (C=O) groups is 1. The van der Waals surface area contributed by atoms with E-state index in [1.807, 2.05) is 0 Å². The van der Waals surface area contributed by atoms with Gasteiger partial charge in [-0.1, -0.05) is 64.9 Å². The lowest BCUT2D eigenvalue weighted by molar-refractivity contribution is -0.161. The lowest BCUT2D eigenvalue weighted by Gasteiger charge is -2.58. The van der Waals surface area contributed by atoms with E-state index in [4.69, 9.17) is 4.74 Å². The van der Waals surface area contributed by atoms with E-state index < -0.39 is 0 Å². The van der Waals surface area contributed by atoms with Crippen molar-refractivity contribution in [2.45, 2.75) is 91.6 Å². The molecule has 0 amide bonds. The summed E-state index contributed by atoms with van der Waals surface area (Å²) in [6.07, 6.45) is 12.7.